The average Bonchev–Trinajstić information content (AvgIpc) is 2.26. The van der Waals surface area contributed by atoms with Crippen LogP contribution in [0.4, 0.5) is 0 Å². The van der Waals surface area contributed by atoms with Gasteiger partial charge >= 0.3 is 0 Å². The summed E-state index contributed by atoms with van der Waals surface area (Å²) in [4.78, 5) is 19.1. The molecule has 1 aromatic carbocycles. The van der Waals surface area contributed by atoms with Gasteiger partial charge in [-0.1, -0.05) is 38.1 Å². The molecule has 6 heteroatoms. The van der Waals surface area contributed by atoms with Crippen molar-refractivity contribution >= 4 is 18.3 Å². The predicted molar refractivity (Wildman–Crippen MR) is 72.2 cm³/mol. The molecule has 0 aliphatic rings. The average molecular weight is 275 g/mol. The molecule has 0 fully saturated rings. The Hall–Kier alpha value is -0.290. The molecular formula is C11H18NO3PS. The normalized spacial score (nSPS) is 15.9. The van der Waals surface area contributed by atoms with Crippen LogP contribution < -0.4 is 5.73 Å². The highest BCUT2D eigenvalue weighted by Crippen LogP contribution is 2.55. The summed E-state index contributed by atoms with van der Waals surface area (Å²) in [5.41, 5.74) is 6.79. The Labute approximate surface area is 106 Å². The van der Waals surface area contributed by atoms with Crippen LogP contribution in [-0.4, -0.2) is 21.4 Å². The smallest absolute Gasteiger partial charge is 0.221 e. The first-order chi connectivity index (χ1) is 7.72. The summed E-state index contributed by atoms with van der Waals surface area (Å²) >= 11 is 4.60. The van der Waals surface area contributed by atoms with E-state index >= 15 is 0 Å². The number of hydrogen-bond acceptors (Lipinski definition) is 3. The van der Waals surface area contributed by atoms with Crippen LogP contribution in [0.1, 0.15) is 30.9 Å². The minimum absolute atomic E-state index is 0.271. The van der Waals surface area contributed by atoms with E-state index in [1.165, 1.54) is 0 Å². The fraction of sp³-hybridized carbons (Fsp3) is 0.455. The topological polar surface area (TPSA) is 86.7 Å². The van der Waals surface area contributed by atoms with E-state index in [1.807, 2.05) is 19.9 Å². The number of nitrogens with two attached hydrogens (primary N) is 1. The lowest BCUT2D eigenvalue weighted by atomic mass is 9.98. The van der Waals surface area contributed by atoms with Crippen molar-refractivity contribution in [1.29, 1.82) is 0 Å². The summed E-state index contributed by atoms with van der Waals surface area (Å²) < 4.78 is 0. The molecule has 1 unspecified atom stereocenters. The Bertz CT molecular complexity index is 446. The van der Waals surface area contributed by atoms with Gasteiger partial charge in [-0.25, -0.2) is 0 Å². The fourth-order valence-corrected chi connectivity index (χ4v) is 2.80. The van der Waals surface area contributed by atoms with Crippen LogP contribution in [0.15, 0.2) is 24.3 Å². The Morgan fingerprint density at radius 2 is 2.00 bits per heavy atom. The van der Waals surface area contributed by atoms with Crippen LogP contribution >= 0.6 is 6.49 Å². The Morgan fingerprint density at radius 1 is 1.41 bits per heavy atom. The Balaban J connectivity index is 3.31. The first-order valence-electron chi connectivity index (χ1n) is 5.31. The van der Waals surface area contributed by atoms with E-state index in [-0.39, 0.29) is 12.5 Å². The molecule has 0 aliphatic heterocycles. The molecule has 0 heterocycles. The highest BCUT2D eigenvalue weighted by Gasteiger charge is 2.41. The minimum atomic E-state index is -3.90. The zero-order chi connectivity index (χ0) is 13.3. The van der Waals surface area contributed by atoms with E-state index < -0.39 is 11.8 Å². The summed E-state index contributed by atoms with van der Waals surface area (Å²) in [5, 5.41) is 8.32. The molecule has 1 aromatic rings. The molecule has 0 spiro atoms. The minimum Gasteiger partial charge on any atom is -0.374 e. The van der Waals surface area contributed by atoms with E-state index in [4.69, 9.17) is 5.73 Å². The van der Waals surface area contributed by atoms with Crippen molar-refractivity contribution in [3.8, 4) is 0 Å². The zero-order valence-corrected chi connectivity index (χ0v) is 11.6. The molecule has 0 amide bonds. The van der Waals surface area contributed by atoms with Crippen LogP contribution in [0.2, 0.25) is 0 Å². The van der Waals surface area contributed by atoms with Crippen molar-refractivity contribution in [2.24, 2.45) is 5.73 Å². The van der Waals surface area contributed by atoms with Gasteiger partial charge in [0.1, 0.15) is 0 Å². The van der Waals surface area contributed by atoms with Crippen molar-refractivity contribution in [1.82, 2.24) is 0 Å². The molecule has 17 heavy (non-hydrogen) atoms. The highest BCUT2D eigenvalue weighted by molar-refractivity contribution is 8.09. The molecule has 4 nitrogen and oxygen atoms in total. The predicted octanol–water partition coefficient (Wildman–Crippen LogP) is 1.21. The zero-order valence-electron chi connectivity index (χ0n) is 9.87. The van der Waals surface area contributed by atoms with Crippen LogP contribution in [0.5, 0.6) is 0 Å². The van der Waals surface area contributed by atoms with Gasteiger partial charge in [0.2, 0.25) is 6.49 Å². The van der Waals surface area contributed by atoms with E-state index in [1.54, 1.807) is 18.2 Å². The maximum atomic E-state index is 10.3. The summed E-state index contributed by atoms with van der Waals surface area (Å²) in [5.74, 6) is 0.271. The van der Waals surface area contributed by atoms with Crippen molar-refractivity contribution in [3.63, 3.8) is 0 Å². The van der Waals surface area contributed by atoms with E-state index in [0.29, 0.717) is 5.56 Å². The second kappa shape index (κ2) is 5.14. The third kappa shape index (κ3) is 2.94. The lowest BCUT2D eigenvalue weighted by Gasteiger charge is -2.31. The number of aliphatic hydroxyl groups is 1. The van der Waals surface area contributed by atoms with Crippen molar-refractivity contribution in [2.45, 2.75) is 25.1 Å². The Morgan fingerprint density at radius 3 is 2.41 bits per heavy atom. The molecule has 96 valence electrons. The molecule has 1 atom stereocenters. The molecule has 0 radical (unpaired) electrons. The lowest BCUT2D eigenvalue weighted by Crippen LogP contribution is -2.34. The molecule has 0 saturated carbocycles. The van der Waals surface area contributed by atoms with Gasteiger partial charge in [-0.05, 0) is 28.9 Å². The standard InChI is InChI=1S/C11H18NO3PS/c1-8(2)9-4-3-5-10(6-9)11(13,7-12)16(14,15)17/h3-6,8,13H,7,12H2,1-2H3,(H2,14,15,17). The molecular weight excluding hydrogens is 257 g/mol. The van der Waals surface area contributed by atoms with Crippen LogP contribution in [-0.2, 0) is 17.1 Å². The van der Waals surface area contributed by atoms with E-state index in [2.05, 4.69) is 11.8 Å². The first-order valence-corrected chi connectivity index (χ1v) is 8.01. The summed E-state index contributed by atoms with van der Waals surface area (Å²) in [6.45, 7) is -0.199. The SMILES string of the molecule is CC(C)c1cccc(C(O)(CN)P(O)(O)=S)c1. The number of rotatable bonds is 4. The van der Waals surface area contributed by atoms with Gasteiger partial charge in [-0.3, -0.25) is 0 Å². The maximum Gasteiger partial charge on any atom is 0.221 e. The number of hydrogen-bond donors (Lipinski definition) is 4. The van der Waals surface area contributed by atoms with E-state index in [9.17, 15) is 14.9 Å². The first kappa shape index (κ1) is 14.8. The molecule has 0 aliphatic carbocycles. The fourth-order valence-electron chi connectivity index (χ4n) is 1.55. The third-order valence-electron chi connectivity index (χ3n) is 2.78. The Kier molecular flexibility index (Phi) is 4.47. The quantitative estimate of drug-likeness (QED) is 0.620. The van der Waals surface area contributed by atoms with Gasteiger partial charge in [0.25, 0.3) is 0 Å². The van der Waals surface area contributed by atoms with Gasteiger partial charge in [0.15, 0.2) is 5.34 Å². The summed E-state index contributed by atoms with van der Waals surface area (Å²) in [6.07, 6.45) is 0. The maximum absolute atomic E-state index is 10.3. The van der Waals surface area contributed by atoms with Gasteiger partial charge in [-0.15, -0.1) is 0 Å². The second-order valence-corrected chi connectivity index (χ2v) is 7.70. The summed E-state index contributed by atoms with van der Waals surface area (Å²) in [7, 11) is 0. The van der Waals surface area contributed by atoms with Crippen molar-refractivity contribution in [2.75, 3.05) is 6.54 Å². The summed E-state index contributed by atoms with van der Waals surface area (Å²) in [6, 6.07) is 6.97. The second-order valence-electron chi connectivity index (χ2n) is 4.34. The monoisotopic (exact) mass is 275 g/mol. The van der Waals surface area contributed by atoms with Gasteiger partial charge in [-0.2, -0.15) is 0 Å². The third-order valence-corrected chi connectivity index (χ3v) is 5.09. The molecule has 0 saturated heterocycles. The highest BCUT2D eigenvalue weighted by atomic mass is 32.5. The largest absolute Gasteiger partial charge is 0.374 e. The van der Waals surface area contributed by atoms with Gasteiger partial charge < -0.3 is 20.6 Å². The van der Waals surface area contributed by atoms with E-state index in [0.717, 1.165) is 5.56 Å². The number of benzene rings is 1. The van der Waals surface area contributed by atoms with Crippen molar-refractivity contribution < 1.29 is 14.9 Å². The van der Waals surface area contributed by atoms with Crippen LogP contribution in [0, 0.1) is 0 Å². The molecule has 1 rings (SSSR count). The van der Waals surface area contributed by atoms with Crippen LogP contribution in [0.25, 0.3) is 0 Å². The molecule has 0 aromatic heterocycles. The van der Waals surface area contributed by atoms with Crippen molar-refractivity contribution in [3.05, 3.63) is 35.4 Å². The molecule has 0 bridgehead atoms. The molecule has 5 N–H and O–H groups in total. The van der Waals surface area contributed by atoms with Gasteiger partial charge in [0.05, 0.1) is 0 Å². The van der Waals surface area contributed by atoms with Gasteiger partial charge in [0, 0.05) is 6.54 Å². The lowest BCUT2D eigenvalue weighted by molar-refractivity contribution is 0.114. The van der Waals surface area contributed by atoms with Crippen LogP contribution in [0.3, 0.4) is 0 Å².